The Hall–Kier alpha value is -2.29. The lowest BCUT2D eigenvalue weighted by molar-refractivity contribution is 0.0956. The predicted molar refractivity (Wildman–Crippen MR) is 73.5 cm³/mol. The van der Waals surface area contributed by atoms with Crippen molar-refractivity contribution in [2.45, 2.75) is 12.0 Å². The Balaban J connectivity index is 1.88. The molecule has 2 atom stereocenters. The van der Waals surface area contributed by atoms with Crippen LogP contribution in [0.3, 0.4) is 0 Å². The molecule has 2 aromatic rings. The highest BCUT2D eigenvalue weighted by Crippen LogP contribution is 2.29. The second-order valence-electron chi connectivity index (χ2n) is 4.63. The Morgan fingerprint density at radius 1 is 0.947 bits per heavy atom. The molecule has 0 amide bonds. The van der Waals surface area contributed by atoms with Gasteiger partial charge in [0.25, 0.3) is 0 Å². The maximum Gasteiger partial charge on any atom is 0.189 e. The van der Waals surface area contributed by atoms with Crippen LogP contribution in [0.2, 0.25) is 0 Å². The van der Waals surface area contributed by atoms with Crippen molar-refractivity contribution in [3.05, 3.63) is 71.8 Å². The summed E-state index contributed by atoms with van der Waals surface area (Å²) in [6.45, 7) is 0.591. The largest absolute Gasteiger partial charge is 0.292 e. The van der Waals surface area contributed by atoms with Crippen LogP contribution < -0.4 is 0 Å². The van der Waals surface area contributed by atoms with Gasteiger partial charge in [0.05, 0.1) is 6.54 Å². The van der Waals surface area contributed by atoms with Gasteiger partial charge in [-0.05, 0) is 5.56 Å². The first-order valence-electron chi connectivity index (χ1n) is 6.37. The average molecular weight is 250 g/mol. The Labute approximate surface area is 112 Å². The van der Waals surface area contributed by atoms with Gasteiger partial charge in [0.1, 0.15) is 6.04 Å². The molecule has 1 aliphatic heterocycles. The highest BCUT2D eigenvalue weighted by molar-refractivity contribution is 6.01. The summed E-state index contributed by atoms with van der Waals surface area (Å²) < 4.78 is 0. The van der Waals surface area contributed by atoms with Crippen molar-refractivity contribution in [1.82, 2.24) is 0 Å². The van der Waals surface area contributed by atoms with Crippen LogP contribution in [0.5, 0.6) is 0 Å². The molecule has 3 rings (SSSR count). The number of Topliss-reactive ketones (excluding diaryl/α,β-unsaturated/α-hetero) is 1. The normalized spacial score (nSPS) is 21.5. The van der Waals surface area contributed by atoms with Gasteiger partial charge in [-0.15, -0.1) is 0 Å². The molecule has 0 saturated heterocycles. The fraction of sp³-hybridized carbons (Fsp3) is 0.188. The third-order valence-corrected chi connectivity index (χ3v) is 3.42. The topological polar surface area (TPSA) is 41.8 Å². The Morgan fingerprint density at radius 2 is 1.58 bits per heavy atom. The number of hydrogen-bond donors (Lipinski definition) is 0. The maximum absolute atomic E-state index is 12.5. The summed E-state index contributed by atoms with van der Waals surface area (Å²) in [6, 6.07) is 18.9. The van der Waals surface area contributed by atoms with Gasteiger partial charge >= 0.3 is 0 Å². The number of hydrogen-bond acceptors (Lipinski definition) is 3. The van der Waals surface area contributed by atoms with Gasteiger partial charge in [0.2, 0.25) is 0 Å². The number of azo groups is 1. The lowest BCUT2D eigenvalue weighted by Crippen LogP contribution is -2.24. The molecular formula is C16H14N2O. The summed E-state index contributed by atoms with van der Waals surface area (Å²) in [6.07, 6.45) is 0. The van der Waals surface area contributed by atoms with Gasteiger partial charge < -0.3 is 0 Å². The molecule has 1 heterocycles. The molecular weight excluding hydrogens is 236 g/mol. The predicted octanol–water partition coefficient (Wildman–Crippen LogP) is 3.49. The lowest BCUT2D eigenvalue weighted by Gasteiger charge is -2.15. The zero-order valence-corrected chi connectivity index (χ0v) is 10.4. The first kappa shape index (κ1) is 11.8. The first-order chi connectivity index (χ1) is 9.36. The van der Waals surface area contributed by atoms with Crippen LogP contribution in [-0.4, -0.2) is 18.4 Å². The number of carbonyl (C=O) groups is 1. The van der Waals surface area contributed by atoms with E-state index in [1.807, 2.05) is 60.7 Å². The Morgan fingerprint density at radius 3 is 2.26 bits per heavy atom. The van der Waals surface area contributed by atoms with Crippen molar-refractivity contribution in [3.8, 4) is 0 Å². The van der Waals surface area contributed by atoms with Crippen molar-refractivity contribution in [2.75, 3.05) is 6.54 Å². The lowest BCUT2D eigenvalue weighted by atomic mass is 9.88. The average Bonchev–Trinajstić information content (AvgIpc) is 2.98. The van der Waals surface area contributed by atoms with Crippen molar-refractivity contribution in [3.63, 3.8) is 0 Å². The van der Waals surface area contributed by atoms with Crippen LogP contribution in [0, 0.1) is 0 Å². The molecule has 0 N–H and O–H groups in total. The fourth-order valence-corrected chi connectivity index (χ4v) is 2.40. The second kappa shape index (κ2) is 5.14. The quantitative estimate of drug-likeness (QED) is 0.769. The van der Waals surface area contributed by atoms with Crippen LogP contribution in [0.1, 0.15) is 21.8 Å². The van der Waals surface area contributed by atoms with Crippen molar-refractivity contribution in [1.29, 1.82) is 0 Å². The summed E-state index contributed by atoms with van der Waals surface area (Å²) in [7, 11) is 0. The van der Waals surface area contributed by atoms with Gasteiger partial charge in [0.15, 0.2) is 5.78 Å². The number of ketones is 1. The zero-order valence-electron chi connectivity index (χ0n) is 10.4. The minimum Gasteiger partial charge on any atom is -0.292 e. The number of nitrogens with zero attached hydrogens (tertiary/aromatic N) is 2. The molecule has 0 aliphatic carbocycles. The SMILES string of the molecule is O=C(c1ccccc1)C1N=NCC1c1ccccc1. The number of rotatable bonds is 3. The van der Waals surface area contributed by atoms with E-state index < -0.39 is 0 Å². The number of carbonyl (C=O) groups excluding carboxylic acids is 1. The van der Waals surface area contributed by atoms with Gasteiger partial charge in [-0.3, -0.25) is 4.79 Å². The van der Waals surface area contributed by atoms with Crippen LogP contribution in [0.4, 0.5) is 0 Å². The van der Waals surface area contributed by atoms with Crippen molar-refractivity contribution < 1.29 is 4.79 Å². The second-order valence-corrected chi connectivity index (χ2v) is 4.63. The van der Waals surface area contributed by atoms with E-state index in [0.29, 0.717) is 12.1 Å². The standard InChI is InChI=1S/C16H14N2O/c19-16(13-9-5-2-6-10-13)15-14(11-17-18-15)12-7-3-1-4-8-12/h1-10,14-15H,11H2. The van der Waals surface area contributed by atoms with Crippen molar-refractivity contribution in [2.24, 2.45) is 10.2 Å². The minimum absolute atomic E-state index is 0.0516. The van der Waals surface area contributed by atoms with Gasteiger partial charge in [-0.2, -0.15) is 10.2 Å². The molecule has 0 fully saturated rings. The van der Waals surface area contributed by atoms with Crippen LogP contribution in [0.15, 0.2) is 70.9 Å². The fourth-order valence-electron chi connectivity index (χ4n) is 2.40. The van der Waals surface area contributed by atoms with E-state index in [2.05, 4.69) is 10.2 Å². The molecule has 0 radical (unpaired) electrons. The molecule has 3 heteroatoms. The van der Waals surface area contributed by atoms with E-state index in [0.717, 1.165) is 5.56 Å². The van der Waals surface area contributed by atoms with Crippen LogP contribution >= 0.6 is 0 Å². The molecule has 19 heavy (non-hydrogen) atoms. The third-order valence-electron chi connectivity index (χ3n) is 3.42. The Bertz CT molecular complexity index is 593. The highest BCUT2D eigenvalue weighted by atomic mass is 16.1. The summed E-state index contributed by atoms with van der Waals surface area (Å²) in [5, 5.41) is 8.22. The van der Waals surface area contributed by atoms with Crippen LogP contribution in [-0.2, 0) is 0 Å². The van der Waals surface area contributed by atoms with E-state index in [9.17, 15) is 4.79 Å². The summed E-state index contributed by atoms with van der Waals surface area (Å²) in [4.78, 5) is 12.5. The van der Waals surface area contributed by atoms with E-state index in [4.69, 9.17) is 0 Å². The zero-order chi connectivity index (χ0) is 13.1. The summed E-state index contributed by atoms with van der Waals surface area (Å²) in [5.74, 6) is 0.115. The molecule has 2 aromatic carbocycles. The monoisotopic (exact) mass is 250 g/mol. The van der Waals surface area contributed by atoms with E-state index in [1.165, 1.54) is 0 Å². The highest BCUT2D eigenvalue weighted by Gasteiger charge is 2.33. The maximum atomic E-state index is 12.5. The van der Waals surface area contributed by atoms with Gasteiger partial charge in [0, 0.05) is 11.5 Å². The van der Waals surface area contributed by atoms with E-state index in [1.54, 1.807) is 0 Å². The molecule has 1 aliphatic rings. The van der Waals surface area contributed by atoms with E-state index >= 15 is 0 Å². The molecule has 0 saturated carbocycles. The number of benzene rings is 2. The summed E-state index contributed by atoms with van der Waals surface area (Å²) in [5.41, 5.74) is 1.83. The van der Waals surface area contributed by atoms with Crippen LogP contribution in [0.25, 0.3) is 0 Å². The molecule has 0 aromatic heterocycles. The molecule has 94 valence electrons. The molecule has 0 spiro atoms. The van der Waals surface area contributed by atoms with Gasteiger partial charge in [-0.1, -0.05) is 60.7 Å². The van der Waals surface area contributed by atoms with Gasteiger partial charge in [-0.25, -0.2) is 0 Å². The molecule has 3 nitrogen and oxygen atoms in total. The summed E-state index contributed by atoms with van der Waals surface area (Å²) >= 11 is 0. The van der Waals surface area contributed by atoms with Crippen molar-refractivity contribution >= 4 is 5.78 Å². The third kappa shape index (κ3) is 2.32. The molecule has 0 bridgehead atoms. The first-order valence-corrected chi connectivity index (χ1v) is 6.37. The smallest absolute Gasteiger partial charge is 0.189 e. The molecule has 2 unspecified atom stereocenters. The van der Waals surface area contributed by atoms with E-state index in [-0.39, 0.29) is 17.7 Å². The minimum atomic E-state index is -0.384. The Kier molecular flexibility index (Phi) is 3.19.